The number of anilines is 1. The van der Waals surface area contributed by atoms with Gasteiger partial charge in [0.15, 0.2) is 11.6 Å². The third-order valence-electron chi connectivity index (χ3n) is 2.47. The molecule has 0 aliphatic rings. The van der Waals surface area contributed by atoms with Crippen LogP contribution in [0.15, 0.2) is 40.9 Å². The van der Waals surface area contributed by atoms with Crippen LogP contribution in [0.5, 0.6) is 5.75 Å². The summed E-state index contributed by atoms with van der Waals surface area (Å²) in [5.41, 5.74) is 1.11. The van der Waals surface area contributed by atoms with Crippen molar-refractivity contribution in [2.75, 3.05) is 5.32 Å². The van der Waals surface area contributed by atoms with E-state index in [1.165, 1.54) is 6.07 Å². The molecule has 0 fully saturated rings. The molecule has 0 amide bonds. The van der Waals surface area contributed by atoms with E-state index < -0.39 is 11.6 Å². The molecule has 2 rings (SSSR count). The lowest BCUT2D eigenvalue weighted by atomic mass is 10.2. The van der Waals surface area contributed by atoms with Gasteiger partial charge in [-0.25, -0.2) is 8.78 Å². The predicted octanol–water partition coefficient (Wildman–Crippen LogP) is 4.05. The third kappa shape index (κ3) is 2.79. The molecule has 5 heteroatoms. The Morgan fingerprint density at radius 2 is 1.89 bits per heavy atom. The van der Waals surface area contributed by atoms with Gasteiger partial charge in [0.2, 0.25) is 0 Å². The number of benzene rings is 2. The first-order valence-electron chi connectivity index (χ1n) is 5.23. The molecule has 0 radical (unpaired) electrons. The van der Waals surface area contributed by atoms with Gasteiger partial charge < -0.3 is 10.4 Å². The van der Waals surface area contributed by atoms with Gasteiger partial charge in [-0.2, -0.15) is 0 Å². The van der Waals surface area contributed by atoms with Crippen LogP contribution in [0.1, 0.15) is 5.56 Å². The van der Waals surface area contributed by atoms with Gasteiger partial charge in [0, 0.05) is 23.9 Å². The number of hydrogen-bond donors (Lipinski definition) is 2. The summed E-state index contributed by atoms with van der Waals surface area (Å²) in [5, 5.41) is 12.7. The van der Waals surface area contributed by atoms with Gasteiger partial charge >= 0.3 is 0 Å². The van der Waals surface area contributed by atoms with Gasteiger partial charge in [0.25, 0.3) is 0 Å². The van der Waals surface area contributed by atoms with Crippen molar-refractivity contribution in [3.63, 3.8) is 0 Å². The first-order valence-corrected chi connectivity index (χ1v) is 6.02. The third-order valence-corrected chi connectivity index (χ3v) is 3.11. The molecule has 0 saturated carbocycles. The summed E-state index contributed by atoms with van der Waals surface area (Å²) in [5.74, 6) is -1.66. The van der Waals surface area contributed by atoms with Crippen LogP contribution in [-0.2, 0) is 6.54 Å². The lowest BCUT2D eigenvalue weighted by Gasteiger charge is -2.09. The summed E-state index contributed by atoms with van der Waals surface area (Å²) in [6.07, 6.45) is 0. The Morgan fingerprint density at radius 1 is 1.11 bits per heavy atom. The highest BCUT2D eigenvalue weighted by atomic mass is 79.9. The maximum atomic E-state index is 13.0. The zero-order chi connectivity index (χ0) is 13.1. The zero-order valence-electron chi connectivity index (χ0n) is 9.25. The molecule has 2 nitrogen and oxygen atoms in total. The normalized spacial score (nSPS) is 10.4. The number of nitrogens with one attached hydrogen (secondary N) is 1. The predicted molar refractivity (Wildman–Crippen MR) is 69.5 cm³/mol. The van der Waals surface area contributed by atoms with Gasteiger partial charge in [-0.15, -0.1) is 0 Å². The monoisotopic (exact) mass is 313 g/mol. The highest BCUT2D eigenvalue weighted by Gasteiger charge is 2.06. The number of aromatic hydroxyl groups is 1. The van der Waals surface area contributed by atoms with E-state index in [0.29, 0.717) is 22.3 Å². The van der Waals surface area contributed by atoms with Crippen LogP contribution in [0.4, 0.5) is 14.5 Å². The Morgan fingerprint density at radius 3 is 2.61 bits per heavy atom. The molecule has 0 atom stereocenters. The van der Waals surface area contributed by atoms with E-state index in [9.17, 15) is 13.9 Å². The Balaban J connectivity index is 2.11. The fourth-order valence-electron chi connectivity index (χ4n) is 1.51. The molecule has 0 saturated heterocycles. The van der Waals surface area contributed by atoms with Crippen molar-refractivity contribution in [3.8, 4) is 5.75 Å². The summed E-state index contributed by atoms with van der Waals surface area (Å²) in [6, 6.07) is 8.81. The number of phenols is 1. The van der Waals surface area contributed by atoms with E-state index in [1.54, 1.807) is 18.2 Å². The summed E-state index contributed by atoms with van der Waals surface area (Å²) in [6.45, 7) is 0.316. The molecule has 0 aliphatic heterocycles. The molecule has 0 spiro atoms. The van der Waals surface area contributed by atoms with Crippen molar-refractivity contribution in [2.45, 2.75) is 6.54 Å². The van der Waals surface area contributed by atoms with E-state index in [4.69, 9.17) is 0 Å². The number of rotatable bonds is 3. The summed E-state index contributed by atoms with van der Waals surface area (Å²) >= 11 is 3.21. The first-order chi connectivity index (χ1) is 8.58. The van der Waals surface area contributed by atoms with Crippen molar-refractivity contribution >= 4 is 21.6 Å². The number of hydrogen-bond acceptors (Lipinski definition) is 2. The maximum Gasteiger partial charge on any atom is 0.160 e. The van der Waals surface area contributed by atoms with Gasteiger partial charge in [0.05, 0.1) is 4.47 Å². The Hall–Kier alpha value is -1.62. The van der Waals surface area contributed by atoms with Crippen molar-refractivity contribution < 1.29 is 13.9 Å². The van der Waals surface area contributed by atoms with Gasteiger partial charge in [-0.05, 0) is 34.1 Å². The van der Waals surface area contributed by atoms with Crippen LogP contribution in [0, 0.1) is 11.6 Å². The lowest BCUT2D eigenvalue weighted by molar-refractivity contribution is 0.465. The Kier molecular flexibility index (Phi) is 3.81. The molecular weight excluding hydrogens is 304 g/mol. The second-order valence-electron chi connectivity index (χ2n) is 3.73. The molecule has 0 bridgehead atoms. The maximum absolute atomic E-state index is 13.0. The Labute approximate surface area is 111 Å². The minimum absolute atomic E-state index is 0.132. The van der Waals surface area contributed by atoms with Crippen molar-refractivity contribution in [2.24, 2.45) is 0 Å². The van der Waals surface area contributed by atoms with Gasteiger partial charge in [0.1, 0.15) is 5.75 Å². The molecule has 0 unspecified atom stereocenters. The molecule has 2 aromatic rings. The quantitative estimate of drug-likeness (QED) is 0.896. The highest BCUT2D eigenvalue weighted by molar-refractivity contribution is 9.10. The van der Waals surface area contributed by atoms with E-state index in [2.05, 4.69) is 21.2 Å². The van der Waals surface area contributed by atoms with Gasteiger partial charge in [-0.3, -0.25) is 0 Å². The minimum atomic E-state index is -0.904. The minimum Gasteiger partial charge on any atom is -0.506 e. The molecule has 18 heavy (non-hydrogen) atoms. The largest absolute Gasteiger partial charge is 0.506 e. The molecular formula is C13H10BrF2NO. The number of phenolic OH excluding ortho intramolecular Hbond substituents is 1. The molecule has 0 aliphatic carbocycles. The van der Waals surface area contributed by atoms with Crippen molar-refractivity contribution in [1.29, 1.82) is 0 Å². The highest BCUT2D eigenvalue weighted by Crippen LogP contribution is 2.28. The number of para-hydroxylation sites is 1. The van der Waals surface area contributed by atoms with Crippen LogP contribution < -0.4 is 5.32 Å². The molecule has 0 heterocycles. The van der Waals surface area contributed by atoms with Crippen LogP contribution in [-0.4, -0.2) is 5.11 Å². The average molecular weight is 314 g/mol. The standard InChI is InChI=1S/C13H10BrF2NO/c14-10-3-1-2-8(13(10)18)7-17-9-4-5-11(15)12(16)6-9/h1-6,17-18H,7H2. The van der Waals surface area contributed by atoms with Crippen LogP contribution >= 0.6 is 15.9 Å². The molecule has 2 N–H and O–H groups in total. The van der Waals surface area contributed by atoms with Gasteiger partial charge in [-0.1, -0.05) is 12.1 Å². The topological polar surface area (TPSA) is 32.3 Å². The van der Waals surface area contributed by atoms with Crippen molar-refractivity contribution in [3.05, 3.63) is 58.1 Å². The second kappa shape index (κ2) is 5.35. The lowest BCUT2D eigenvalue weighted by Crippen LogP contribution is -2.00. The smallest absolute Gasteiger partial charge is 0.160 e. The first kappa shape index (κ1) is 12.8. The van der Waals surface area contributed by atoms with E-state index in [0.717, 1.165) is 12.1 Å². The van der Waals surface area contributed by atoms with E-state index >= 15 is 0 Å². The molecule has 94 valence electrons. The second-order valence-corrected chi connectivity index (χ2v) is 4.58. The van der Waals surface area contributed by atoms with E-state index in [-0.39, 0.29) is 5.75 Å². The van der Waals surface area contributed by atoms with Crippen LogP contribution in [0.25, 0.3) is 0 Å². The fourth-order valence-corrected chi connectivity index (χ4v) is 1.91. The number of halogens is 3. The van der Waals surface area contributed by atoms with E-state index in [1.807, 2.05) is 0 Å². The molecule has 2 aromatic carbocycles. The fraction of sp³-hybridized carbons (Fsp3) is 0.0769. The Bertz CT molecular complexity index is 575. The summed E-state index contributed by atoms with van der Waals surface area (Å²) in [4.78, 5) is 0. The van der Waals surface area contributed by atoms with Crippen LogP contribution in [0.3, 0.4) is 0 Å². The van der Waals surface area contributed by atoms with Crippen molar-refractivity contribution in [1.82, 2.24) is 0 Å². The summed E-state index contributed by atoms with van der Waals surface area (Å²) < 4.78 is 26.3. The van der Waals surface area contributed by atoms with Crippen LogP contribution in [0.2, 0.25) is 0 Å². The zero-order valence-corrected chi connectivity index (χ0v) is 10.8. The average Bonchev–Trinajstić information content (AvgIpc) is 2.35. The summed E-state index contributed by atoms with van der Waals surface area (Å²) in [7, 11) is 0. The molecule has 0 aromatic heterocycles. The SMILES string of the molecule is Oc1c(Br)cccc1CNc1ccc(F)c(F)c1.